The van der Waals surface area contributed by atoms with Crippen LogP contribution in [0.1, 0.15) is 16.1 Å². The minimum atomic E-state index is -0.151. The summed E-state index contributed by atoms with van der Waals surface area (Å²) in [5.74, 6) is -0.151. The van der Waals surface area contributed by atoms with E-state index in [9.17, 15) is 4.79 Å². The number of anilines is 1. The smallest absolute Gasteiger partial charge is 0.259 e. The second-order valence-corrected chi connectivity index (χ2v) is 4.36. The molecule has 0 aliphatic carbocycles. The van der Waals surface area contributed by atoms with Crippen molar-refractivity contribution in [3.05, 3.63) is 66.1 Å². The SMILES string of the molecule is Cc1cn2cccc(C(=O)Nc3ccccc3)c2n1. The largest absolute Gasteiger partial charge is 0.322 e. The maximum absolute atomic E-state index is 12.3. The molecule has 0 unspecified atom stereocenters. The van der Waals surface area contributed by atoms with Gasteiger partial charge >= 0.3 is 0 Å². The number of carbonyl (C=O) groups is 1. The molecule has 94 valence electrons. The highest BCUT2D eigenvalue weighted by atomic mass is 16.1. The van der Waals surface area contributed by atoms with E-state index in [4.69, 9.17) is 0 Å². The third-order valence-electron chi connectivity index (χ3n) is 2.88. The number of carbonyl (C=O) groups excluding carboxylic acids is 1. The first-order valence-corrected chi connectivity index (χ1v) is 6.05. The van der Waals surface area contributed by atoms with E-state index in [0.29, 0.717) is 11.2 Å². The quantitative estimate of drug-likeness (QED) is 0.761. The molecule has 0 atom stereocenters. The van der Waals surface area contributed by atoms with Crippen LogP contribution >= 0.6 is 0 Å². The molecule has 0 radical (unpaired) electrons. The number of hydrogen-bond acceptors (Lipinski definition) is 2. The van der Waals surface area contributed by atoms with Crippen molar-refractivity contribution < 1.29 is 4.79 Å². The highest BCUT2D eigenvalue weighted by Gasteiger charge is 2.12. The van der Waals surface area contributed by atoms with Crippen LogP contribution in [-0.2, 0) is 0 Å². The number of rotatable bonds is 2. The zero-order valence-electron chi connectivity index (χ0n) is 10.5. The summed E-state index contributed by atoms with van der Waals surface area (Å²) >= 11 is 0. The van der Waals surface area contributed by atoms with Crippen LogP contribution < -0.4 is 5.32 Å². The number of benzene rings is 1. The van der Waals surface area contributed by atoms with Gasteiger partial charge in [-0.3, -0.25) is 4.79 Å². The number of fused-ring (bicyclic) bond motifs is 1. The minimum Gasteiger partial charge on any atom is -0.322 e. The van der Waals surface area contributed by atoms with Crippen molar-refractivity contribution in [2.45, 2.75) is 6.92 Å². The molecule has 4 heteroatoms. The molecular weight excluding hydrogens is 238 g/mol. The predicted molar refractivity (Wildman–Crippen MR) is 74.3 cm³/mol. The number of amides is 1. The zero-order valence-corrected chi connectivity index (χ0v) is 10.5. The summed E-state index contributed by atoms with van der Waals surface area (Å²) in [6, 6.07) is 13.0. The van der Waals surface area contributed by atoms with E-state index in [1.807, 2.05) is 60.1 Å². The fourth-order valence-electron chi connectivity index (χ4n) is 2.03. The van der Waals surface area contributed by atoms with Gasteiger partial charge in [0.2, 0.25) is 0 Å². The molecular formula is C15H13N3O. The Labute approximate surface area is 110 Å². The zero-order chi connectivity index (χ0) is 13.2. The van der Waals surface area contributed by atoms with E-state index in [2.05, 4.69) is 10.3 Å². The number of aryl methyl sites for hydroxylation is 1. The molecule has 4 nitrogen and oxygen atoms in total. The van der Waals surface area contributed by atoms with E-state index in [1.165, 1.54) is 0 Å². The van der Waals surface area contributed by atoms with Crippen LogP contribution in [0, 0.1) is 6.92 Å². The van der Waals surface area contributed by atoms with Crippen molar-refractivity contribution in [3.63, 3.8) is 0 Å². The molecule has 0 saturated carbocycles. The molecule has 1 amide bonds. The van der Waals surface area contributed by atoms with E-state index in [-0.39, 0.29) is 5.91 Å². The van der Waals surface area contributed by atoms with Gasteiger partial charge in [0.25, 0.3) is 5.91 Å². The lowest BCUT2D eigenvalue weighted by Crippen LogP contribution is -2.13. The molecule has 0 bridgehead atoms. The van der Waals surface area contributed by atoms with Crippen molar-refractivity contribution in [1.82, 2.24) is 9.38 Å². The predicted octanol–water partition coefficient (Wildman–Crippen LogP) is 2.90. The average molecular weight is 251 g/mol. The number of para-hydroxylation sites is 1. The molecule has 0 spiro atoms. The van der Waals surface area contributed by atoms with Crippen molar-refractivity contribution in [3.8, 4) is 0 Å². The van der Waals surface area contributed by atoms with Crippen molar-refractivity contribution in [2.75, 3.05) is 5.32 Å². The molecule has 2 heterocycles. The first-order valence-electron chi connectivity index (χ1n) is 6.05. The number of nitrogens with zero attached hydrogens (tertiary/aromatic N) is 2. The number of pyridine rings is 1. The van der Waals surface area contributed by atoms with Crippen LogP contribution in [0.15, 0.2) is 54.9 Å². The third-order valence-corrected chi connectivity index (χ3v) is 2.88. The van der Waals surface area contributed by atoms with Gasteiger partial charge in [-0.25, -0.2) is 4.98 Å². The average Bonchev–Trinajstić information content (AvgIpc) is 2.79. The molecule has 2 aromatic heterocycles. The van der Waals surface area contributed by atoms with Crippen molar-refractivity contribution in [2.24, 2.45) is 0 Å². The Bertz CT molecular complexity index is 731. The first kappa shape index (κ1) is 11.5. The molecule has 1 N–H and O–H groups in total. The first-order chi connectivity index (χ1) is 9.24. The number of imidazole rings is 1. The Morgan fingerprint density at radius 3 is 2.74 bits per heavy atom. The lowest BCUT2D eigenvalue weighted by Gasteiger charge is -2.05. The topological polar surface area (TPSA) is 46.4 Å². The Morgan fingerprint density at radius 2 is 1.95 bits per heavy atom. The Hall–Kier alpha value is -2.62. The number of nitrogens with one attached hydrogen (secondary N) is 1. The highest BCUT2D eigenvalue weighted by Crippen LogP contribution is 2.13. The fraction of sp³-hybridized carbons (Fsp3) is 0.0667. The van der Waals surface area contributed by atoms with Gasteiger partial charge in [-0.1, -0.05) is 18.2 Å². The maximum Gasteiger partial charge on any atom is 0.259 e. The molecule has 3 aromatic rings. The molecule has 0 aliphatic rings. The number of hydrogen-bond donors (Lipinski definition) is 1. The summed E-state index contributed by atoms with van der Waals surface area (Å²) in [4.78, 5) is 16.7. The highest BCUT2D eigenvalue weighted by molar-refractivity contribution is 6.08. The maximum atomic E-state index is 12.3. The second kappa shape index (κ2) is 4.57. The van der Waals surface area contributed by atoms with Crippen LogP contribution in [-0.4, -0.2) is 15.3 Å². The van der Waals surface area contributed by atoms with Gasteiger partial charge in [0.15, 0.2) is 0 Å². The lowest BCUT2D eigenvalue weighted by molar-refractivity contribution is 0.102. The van der Waals surface area contributed by atoms with Gasteiger partial charge in [0.1, 0.15) is 5.65 Å². The second-order valence-electron chi connectivity index (χ2n) is 4.36. The van der Waals surface area contributed by atoms with E-state index < -0.39 is 0 Å². The molecule has 19 heavy (non-hydrogen) atoms. The molecule has 0 aliphatic heterocycles. The van der Waals surface area contributed by atoms with Crippen molar-refractivity contribution in [1.29, 1.82) is 0 Å². The van der Waals surface area contributed by atoms with E-state index in [1.54, 1.807) is 6.07 Å². The van der Waals surface area contributed by atoms with Gasteiger partial charge in [-0.15, -0.1) is 0 Å². The summed E-state index contributed by atoms with van der Waals surface area (Å²) < 4.78 is 1.86. The molecule has 3 rings (SSSR count). The molecule has 0 fully saturated rings. The van der Waals surface area contributed by atoms with Crippen LogP contribution in [0.4, 0.5) is 5.69 Å². The Balaban J connectivity index is 1.98. The van der Waals surface area contributed by atoms with Crippen molar-refractivity contribution >= 4 is 17.2 Å². The summed E-state index contributed by atoms with van der Waals surface area (Å²) in [6.45, 7) is 1.91. The summed E-state index contributed by atoms with van der Waals surface area (Å²) in [7, 11) is 0. The Kier molecular flexibility index (Phi) is 2.76. The van der Waals surface area contributed by atoms with Gasteiger partial charge in [-0.2, -0.15) is 0 Å². The summed E-state index contributed by atoms with van der Waals surface area (Å²) in [6.07, 6.45) is 3.78. The van der Waals surface area contributed by atoms with Crippen LogP contribution in [0.3, 0.4) is 0 Å². The van der Waals surface area contributed by atoms with Crippen LogP contribution in [0.2, 0.25) is 0 Å². The third kappa shape index (κ3) is 2.20. The summed E-state index contributed by atoms with van der Waals surface area (Å²) in [5, 5.41) is 2.87. The van der Waals surface area contributed by atoms with Gasteiger partial charge in [0, 0.05) is 18.1 Å². The minimum absolute atomic E-state index is 0.151. The standard InChI is InChI=1S/C15H13N3O/c1-11-10-18-9-5-8-13(14(18)16-11)15(19)17-12-6-3-2-4-7-12/h2-10H,1H3,(H,17,19). The summed E-state index contributed by atoms with van der Waals surface area (Å²) in [5.41, 5.74) is 2.91. The van der Waals surface area contributed by atoms with Crippen LogP contribution in [0.5, 0.6) is 0 Å². The Morgan fingerprint density at radius 1 is 1.16 bits per heavy atom. The fourth-order valence-corrected chi connectivity index (χ4v) is 2.03. The lowest BCUT2D eigenvalue weighted by atomic mass is 10.2. The van der Waals surface area contributed by atoms with Gasteiger partial charge in [0.05, 0.1) is 11.3 Å². The molecule has 1 aromatic carbocycles. The van der Waals surface area contributed by atoms with E-state index in [0.717, 1.165) is 11.4 Å². The number of aromatic nitrogens is 2. The molecule has 0 saturated heterocycles. The van der Waals surface area contributed by atoms with E-state index >= 15 is 0 Å². The monoisotopic (exact) mass is 251 g/mol. The normalized spacial score (nSPS) is 10.6. The van der Waals surface area contributed by atoms with Gasteiger partial charge < -0.3 is 9.72 Å². The van der Waals surface area contributed by atoms with Crippen LogP contribution in [0.25, 0.3) is 5.65 Å². The van der Waals surface area contributed by atoms with Gasteiger partial charge in [-0.05, 0) is 31.2 Å².